The number of nitro groups is 1. The van der Waals surface area contributed by atoms with E-state index in [0.29, 0.717) is 12.5 Å². The third-order valence-electron chi connectivity index (χ3n) is 3.21. The third-order valence-corrected chi connectivity index (χ3v) is 3.21. The highest BCUT2D eigenvalue weighted by Gasteiger charge is 2.29. The summed E-state index contributed by atoms with van der Waals surface area (Å²) in [6, 6.07) is 0. The zero-order chi connectivity index (χ0) is 13.0. The van der Waals surface area contributed by atoms with E-state index >= 15 is 0 Å². The van der Waals surface area contributed by atoms with Crippen LogP contribution in [0.25, 0.3) is 0 Å². The molecule has 0 spiro atoms. The van der Waals surface area contributed by atoms with Crippen LogP contribution in [0.2, 0.25) is 0 Å². The van der Waals surface area contributed by atoms with Crippen molar-refractivity contribution in [1.82, 2.24) is 9.97 Å². The van der Waals surface area contributed by atoms with Crippen LogP contribution in [-0.4, -0.2) is 32.1 Å². The normalized spacial score (nSPS) is 18.3. The second-order valence-corrected chi connectivity index (χ2v) is 4.66. The summed E-state index contributed by atoms with van der Waals surface area (Å²) in [6.45, 7) is 0.380. The van der Waals surface area contributed by atoms with Gasteiger partial charge in [0.15, 0.2) is 0 Å². The first-order chi connectivity index (χ1) is 8.59. The minimum absolute atomic E-state index is 0.142. The Balaban J connectivity index is 1.91. The average Bonchev–Trinajstić information content (AvgIpc) is 2.38. The maximum absolute atomic E-state index is 10.4. The number of hydrogen-bond donors (Lipinski definition) is 2. The molecule has 2 N–H and O–H groups in total. The van der Waals surface area contributed by atoms with Gasteiger partial charge in [0.05, 0.1) is 10.5 Å². The number of aliphatic hydroxyl groups is 1. The van der Waals surface area contributed by atoms with Crippen LogP contribution >= 0.6 is 0 Å². The molecule has 0 unspecified atom stereocenters. The van der Waals surface area contributed by atoms with E-state index in [-0.39, 0.29) is 5.69 Å². The molecule has 7 heteroatoms. The fourth-order valence-corrected chi connectivity index (χ4v) is 2.14. The summed E-state index contributed by atoms with van der Waals surface area (Å²) in [6.07, 6.45) is 7.06. The van der Waals surface area contributed by atoms with Crippen LogP contribution in [0, 0.1) is 10.1 Å². The second-order valence-electron chi connectivity index (χ2n) is 4.66. The molecular weight excluding hydrogens is 236 g/mol. The SMILES string of the molecule is O=[N+]([O-])c1cnc(NCC2(O)CCCCC2)nc1. The molecule has 1 aromatic heterocycles. The maximum Gasteiger partial charge on any atom is 0.305 e. The van der Waals surface area contributed by atoms with Gasteiger partial charge in [-0.2, -0.15) is 0 Å². The molecule has 18 heavy (non-hydrogen) atoms. The Kier molecular flexibility index (Phi) is 3.71. The van der Waals surface area contributed by atoms with Gasteiger partial charge in [-0.1, -0.05) is 19.3 Å². The molecule has 0 aliphatic heterocycles. The summed E-state index contributed by atoms with van der Waals surface area (Å²) in [5, 5.41) is 23.6. The van der Waals surface area contributed by atoms with Gasteiger partial charge in [-0.05, 0) is 12.8 Å². The summed E-state index contributed by atoms with van der Waals surface area (Å²) in [5.74, 6) is 0.305. The lowest BCUT2D eigenvalue weighted by atomic mass is 9.85. The van der Waals surface area contributed by atoms with E-state index in [1.54, 1.807) is 0 Å². The largest absolute Gasteiger partial charge is 0.388 e. The smallest absolute Gasteiger partial charge is 0.305 e. The summed E-state index contributed by atoms with van der Waals surface area (Å²) in [7, 11) is 0. The molecule has 98 valence electrons. The molecule has 0 radical (unpaired) electrons. The minimum atomic E-state index is -0.705. The van der Waals surface area contributed by atoms with Crippen molar-refractivity contribution in [3.8, 4) is 0 Å². The van der Waals surface area contributed by atoms with E-state index in [1.165, 1.54) is 0 Å². The van der Waals surface area contributed by atoms with Crippen molar-refractivity contribution >= 4 is 11.6 Å². The van der Waals surface area contributed by atoms with Crippen molar-refractivity contribution in [2.45, 2.75) is 37.7 Å². The van der Waals surface area contributed by atoms with E-state index in [4.69, 9.17) is 0 Å². The highest BCUT2D eigenvalue weighted by Crippen LogP contribution is 2.27. The maximum atomic E-state index is 10.4. The molecule has 1 saturated carbocycles. The van der Waals surface area contributed by atoms with Gasteiger partial charge in [-0.25, -0.2) is 9.97 Å². The Morgan fingerprint density at radius 2 is 1.94 bits per heavy atom. The lowest BCUT2D eigenvalue weighted by Crippen LogP contribution is -2.39. The Hall–Kier alpha value is -1.76. The number of nitrogens with one attached hydrogen (secondary N) is 1. The van der Waals surface area contributed by atoms with Crippen LogP contribution in [0.15, 0.2) is 12.4 Å². The number of aromatic nitrogens is 2. The van der Waals surface area contributed by atoms with Crippen LogP contribution < -0.4 is 5.32 Å². The molecule has 0 amide bonds. The molecule has 1 aliphatic carbocycles. The van der Waals surface area contributed by atoms with Crippen LogP contribution in [0.5, 0.6) is 0 Å². The zero-order valence-electron chi connectivity index (χ0n) is 10.0. The Labute approximate surface area is 104 Å². The molecule has 1 aliphatic rings. The van der Waals surface area contributed by atoms with Crippen LogP contribution in [0.3, 0.4) is 0 Å². The lowest BCUT2D eigenvalue weighted by Gasteiger charge is -2.32. The standard InChI is InChI=1S/C11H16N4O3/c16-11(4-2-1-3-5-11)8-14-10-12-6-9(7-13-10)15(17)18/h6-7,16H,1-5,8H2,(H,12,13,14). The van der Waals surface area contributed by atoms with Crippen LogP contribution in [0.4, 0.5) is 11.6 Å². The van der Waals surface area contributed by atoms with E-state index in [0.717, 1.165) is 44.5 Å². The molecule has 2 rings (SSSR count). The predicted molar refractivity (Wildman–Crippen MR) is 65.2 cm³/mol. The van der Waals surface area contributed by atoms with Crippen molar-refractivity contribution in [3.63, 3.8) is 0 Å². The van der Waals surface area contributed by atoms with Gasteiger partial charge in [0, 0.05) is 6.54 Å². The number of hydrogen-bond acceptors (Lipinski definition) is 6. The van der Waals surface area contributed by atoms with E-state index < -0.39 is 10.5 Å². The van der Waals surface area contributed by atoms with E-state index in [2.05, 4.69) is 15.3 Å². The van der Waals surface area contributed by atoms with Gasteiger partial charge < -0.3 is 10.4 Å². The Bertz CT molecular complexity index is 415. The second kappa shape index (κ2) is 5.26. The first-order valence-electron chi connectivity index (χ1n) is 6.02. The molecule has 1 aromatic rings. The van der Waals surface area contributed by atoms with Gasteiger partial charge in [-0.3, -0.25) is 10.1 Å². The van der Waals surface area contributed by atoms with E-state index in [9.17, 15) is 15.2 Å². The lowest BCUT2D eigenvalue weighted by molar-refractivity contribution is -0.385. The van der Waals surface area contributed by atoms with Gasteiger partial charge >= 0.3 is 5.69 Å². The monoisotopic (exact) mass is 252 g/mol. The highest BCUT2D eigenvalue weighted by molar-refractivity contribution is 5.31. The summed E-state index contributed by atoms with van der Waals surface area (Å²) in [4.78, 5) is 17.6. The first-order valence-corrected chi connectivity index (χ1v) is 6.02. The quantitative estimate of drug-likeness (QED) is 0.622. The van der Waals surface area contributed by atoms with Crippen molar-refractivity contribution in [2.75, 3.05) is 11.9 Å². The molecular formula is C11H16N4O3. The fraction of sp³-hybridized carbons (Fsp3) is 0.636. The fourth-order valence-electron chi connectivity index (χ4n) is 2.14. The molecule has 7 nitrogen and oxygen atoms in total. The van der Waals surface area contributed by atoms with Crippen LogP contribution in [-0.2, 0) is 0 Å². The van der Waals surface area contributed by atoms with Gasteiger partial charge in [-0.15, -0.1) is 0 Å². The van der Waals surface area contributed by atoms with Crippen LogP contribution in [0.1, 0.15) is 32.1 Å². The van der Waals surface area contributed by atoms with Crippen molar-refractivity contribution in [1.29, 1.82) is 0 Å². The van der Waals surface area contributed by atoms with Gasteiger partial charge in [0.2, 0.25) is 5.95 Å². The average molecular weight is 252 g/mol. The Morgan fingerprint density at radius 3 is 2.50 bits per heavy atom. The summed E-state index contributed by atoms with van der Waals surface area (Å²) in [5.41, 5.74) is -0.847. The summed E-state index contributed by atoms with van der Waals surface area (Å²) >= 11 is 0. The molecule has 0 atom stereocenters. The number of rotatable bonds is 4. The van der Waals surface area contributed by atoms with Gasteiger partial charge in [0.1, 0.15) is 12.4 Å². The molecule has 0 bridgehead atoms. The number of nitrogens with zero attached hydrogens (tertiary/aromatic N) is 3. The summed E-state index contributed by atoms with van der Waals surface area (Å²) < 4.78 is 0. The zero-order valence-corrected chi connectivity index (χ0v) is 10.0. The minimum Gasteiger partial charge on any atom is -0.388 e. The third kappa shape index (κ3) is 3.13. The Morgan fingerprint density at radius 1 is 1.33 bits per heavy atom. The predicted octanol–water partition coefficient (Wildman–Crippen LogP) is 1.49. The molecule has 0 aromatic carbocycles. The van der Waals surface area contributed by atoms with Gasteiger partial charge in [0.25, 0.3) is 0 Å². The number of anilines is 1. The first kappa shape index (κ1) is 12.7. The topological polar surface area (TPSA) is 101 Å². The van der Waals surface area contributed by atoms with Crippen molar-refractivity contribution in [3.05, 3.63) is 22.5 Å². The van der Waals surface area contributed by atoms with Crippen molar-refractivity contribution in [2.24, 2.45) is 0 Å². The van der Waals surface area contributed by atoms with E-state index in [1.807, 2.05) is 0 Å². The molecule has 1 fully saturated rings. The molecule has 0 saturated heterocycles. The molecule has 1 heterocycles. The van der Waals surface area contributed by atoms with Crippen molar-refractivity contribution < 1.29 is 10.0 Å². The highest BCUT2D eigenvalue weighted by atomic mass is 16.6.